The van der Waals surface area contributed by atoms with Crippen LogP contribution in [0.5, 0.6) is 5.75 Å². The highest BCUT2D eigenvalue weighted by molar-refractivity contribution is 5.76. The third kappa shape index (κ3) is 6.53. The first kappa shape index (κ1) is 17.4. The van der Waals surface area contributed by atoms with Crippen LogP contribution in [0, 0.1) is 0 Å². The number of carbonyl (C=O) groups excluding carboxylic acids is 1. The number of nitrogens with two attached hydrogens (primary N) is 1. The predicted molar refractivity (Wildman–Crippen MR) is 77.1 cm³/mol. The molecule has 0 bridgehead atoms. The Balaban J connectivity index is 2.58. The smallest absolute Gasteiger partial charge is 0.387 e. The number of benzene rings is 1. The Kier molecular flexibility index (Phi) is 7.08. The van der Waals surface area contributed by atoms with Gasteiger partial charge in [-0.3, -0.25) is 4.79 Å². The number of para-hydroxylation sites is 1. The maximum absolute atomic E-state index is 12.3. The van der Waals surface area contributed by atoms with E-state index in [1.165, 1.54) is 6.07 Å². The van der Waals surface area contributed by atoms with Crippen LogP contribution in [0.15, 0.2) is 24.3 Å². The fraction of sp³-hybridized carbons (Fsp3) is 0.533. The molecule has 0 heterocycles. The second kappa shape index (κ2) is 8.56. The van der Waals surface area contributed by atoms with Crippen LogP contribution in [0.25, 0.3) is 0 Å². The molecule has 0 spiro atoms. The molecule has 0 saturated heterocycles. The highest BCUT2D eigenvalue weighted by Crippen LogP contribution is 2.26. The van der Waals surface area contributed by atoms with Crippen molar-refractivity contribution in [1.29, 1.82) is 0 Å². The molecule has 0 aliphatic carbocycles. The van der Waals surface area contributed by atoms with Gasteiger partial charge in [0.1, 0.15) is 5.75 Å². The average Bonchev–Trinajstić information content (AvgIpc) is 2.37. The number of nitrogens with one attached hydrogen (secondary N) is 1. The van der Waals surface area contributed by atoms with Crippen molar-refractivity contribution in [2.75, 3.05) is 0 Å². The fourth-order valence-electron chi connectivity index (χ4n) is 2.02. The van der Waals surface area contributed by atoms with Crippen LogP contribution in [0.2, 0.25) is 0 Å². The summed E-state index contributed by atoms with van der Waals surface area (Å²) in [5.74, 6) is -0.0501. The Morgan fingerprint density at radius 2 is 2.00 bits per heavy atom. The van der Waals surface area contributed by atoms with Crippen molar-refractivity contribution in [1.82, 2.24) is 5.32 Å². The van der Waals surface area contributed by atoms with Gasteiger partial charge in [-0.25, -0.2) is 0 Å². The van der Waals surface area contributed by atoms with E-state index in [1.807, 2.05) is 6.92 Å². The zero-order valence-electron chi connectivity index (χ0n) is 12.3. The lowest BCUT2D eigenvalue weighted by Crippen LogP contribution is -2.27. The van der Waals surface area contributed by atoms with Crippen molar-refractivity contribution < 1.29 is 18.3 Å². The number of halogens is 2. The molecule has 0 aliphatic rings. The molecule has 2 atom stereocenters. The van der Waals surface area contributed by atoms with Crippen molar-refractivity contribution in [3.63, 3.8) is 0 Å². The molecular weight excluding hydrogens is 278 g/mol. The number of carbonyl (C=O) groups is 1. The first-order valence-corrected chi connectivity index (χ1v) is 6.98. The molecule has 1 amide bonds. The van der Waals surface area contributed by atoms with Crippen molar-refractivity contribution >= 4 is 5.91 Å². The number of hydrogen-bond donors (Lipinski definition) is 2. The van der Waals surface area contributed by atoms with E-state index in [4.69, 9.17) is 5.73 Å². The summed E-state index contributed by atoms with van der Waals surface area (Å²) in [4.78, 5) is 11.8. The van der Waals surface area contributed by atoms with Crippen LogP contribution >= 0.6 is 0 Å². The maximum Gasteiger partial charge on any atom is 0.387 e. The van der Waals surface area contributed by atoms with E-state index in [0.29, 0.717) is 18.4 Å². The average molecular weight is 300 g/mol. The highest BCUT2D eigenvalue weighted by Gasteiger charge is 2.16. The zero-order chi connectivity index (χ0) is 15.8. The van der Waals surface area contributed by atoms with Gasteiger partial charge in [0.25, 0.3) is 0 Å². The van der Waals surface area contributed by atoms with Crippen molar-refractivity contribution in [3.8, 4) is 5.75 Å². The Bertz CT molecular complexity index is 453. The molecule has 6 heteroatoms. The summed E-state index contributed by atoms with van der Waals surface area (Å²) in [6, 6.07) is 6.11. The summed E-state index contributed by atoms with van der Waals surface area (Å²) in [6.07, 6.45) is 1.84. The number of ether oxygens (including phenoxy) is 1. The van der Waals surface area contributed by atoms with Gasteiger partial charge < -0.3 is 15.8 Å². The highest BCUT2D eigenvalue weighted by atomic mass is 19.3. The molecule has 0 fully saturated rings. The first-order valence-electron chi connectivity index (χ1n) is 6.98. The molecular formula is C15H22F2N2O2. The van der Waals surface area contributed by atoms with E-state index in [2.05, 4.69) is 10.1 Å². The van der Waals surface area contributed by atoms with Crippen LogP contribution in [-0.4, -0.2) is 18.6 Å². The predicted octanol–water partition coefficient (Wildman–Crippen LogP) is 2.98. The number of rotatable bonds is 8. The third-order valence-corrected chi connectivity index (χ3v) is 3.04. The van der Waals surface area contributed by atoms with Gasteiger partial charge in [0.2, 0.25) is 5.91 Å². The second-order valence-electron chi connectivity index (χ2n) is 5.08. The first-order chi connectivity index (χ1) is 9.90. The molecule has 118 valence electrons. The second-order valence-corrected chi connectivity index (χ2v) is 5.08. The van der Waals surface area contributed by atoms with E-state index in [0.717, 1.165) is 6.42 Å². The minimum absolute atomic E-state index is 0.0652. The molecule has 21 heavy (non-hydrogen) atoms. The van der Waals surface area contributed by atoms with Crippen LogP contribution in [-0.2, 0) is 4.79 Å². The minimum Gasteiger partial charge on any atom is -0.434 e. The summed E-state index contributed by atoms with van der Waals surface area (Å²) in [6.45, 7) is 0.732. The molecule has 3 N–H and O–H groups in total. The summed E-state index contributed by atoms with van der Waals surface area (Å²) in [5.41, 5.74) is 6.14. The van der Waals surface area contributed by atoms with Crippen LogP contribution in [0.4, 0.5) is 8.78 Å². The number of alkyl halides is 2. The standard InChI is InChI=1S/C15H22F2N2O2/c1-10(18)6-5-9-14(20)19-11(2)12-7-3-4-8-13(12)21-15(16)17/h3-4,7-8,10-11,15H,5-6,9,18H2,1-2H3,(H,19,20). The third-order valence-electron chi connectivity index (χ3n) is 3.04. The van der Waals surface area contributed by atoms with Crippen LogP contribution in [0.1, 0.15) is 44.7 Å². The molecule has 1 aromatic carbocycles. The van der Waals surface area contributed by atoms with Crippen molar-refractivity contribution in [2.45, 2.75) is 51.8 Å². The van der Waals surface area contributed by atoms with Gasteiger partial charge in [-0.1, -0.05) is 18.2 Å². The lowest BCUT2D eigenvalue weighted by atomic mass is 10.1. The van der Waals surface area contributed by atoms with Gasteiger partial charge in [-0.2, -0.15) is 8.78 Å². The molecule has 2 unspecified atom stereocenters. The van der Waals surface area contributed by atoms with Crippen LogP contribution < -0.4 is 15.8 Å². The minimum atomic E-state index is -2.89. The molecule has 0 aromatic heterocycles. The molecule has 1 aromatic rings. The molecule has 0 radical (unpaired) electrons. The zero-order valence-corrected chi connectivity index (χ0v) is 12.3. The van der Waals surface area contributed by atoms with Gasteiger partial charge in [-0.05, 0) is 32.8 Å². The summed E-state index contributed by atoms with van der Waals surface area (Å²) >= 11 is 0. The van der Waals surface area contributed by atoms with Gasteiger partial charge in [0.05, 0.1) is 6.04 Å². The molecule has 4 nitrogen and oxygen atoms in total. The molecule has 0 aliphatic heterocycles. The van der Waals surface area contributed by atoms with E-state index >= 15 is 0 Å². The Labute approximate surface area is 123 Å². The number of amides is 1. The summed E-state index contributed by atoms with van der Waals surface area (Å²) in [7, 11) is 0. The number of hydrogen-bond acceptors (Lipinski definition) is 3. The summed E-state index contributed by atoms with van der Waals surface area (Å²) in [5, 5.41) is 2.78. The lowest BCUT2D eigenvalue weighted by molar-refractivity contribution is -0.121. The fourth-order valence-corrected chi connectivity index (χ4v) is 2.02. The largest absolute Gasteiger partial charge is 0.434 e. The maximum atomic E-state index is 12.3. The normalized spacial score (nSPS) is 13.8. The van der Waals surface area contributed by atoms with E-state index in [1.54, 1.807) is 25.1 Å². The van der Waals surface area contributed by atoms with Gasteiger partial charge >= 0.3 is 6.61 Å². The van der Waals surface area contributed by atoms with E-state index in [-0.39, 0.29) is 17.7 Å². The Morgan fingerprint density at radius 1 is 1.33 bits per heavy atom. The Morgan fingerprint density at radius 3 is 2.62 bits per heavy atom. The topological polar surface area (TPSA) is 64.4 Å². The SMILES string of the molecule is CC(N)CCCC(=O)NC(C)c1ccccc1OC(F)F. The monoisotopic (exact) mass is 300 g/mol. The van der Waals surface area contributed by atoms with E-state index < -0.39 is 12.7 Å². The Hall–Kier alpha value is -1.69. The van der Waals surface area contributed by atoms with Gasteiger partial charge in [-0.15, -0.1) is 0 Å². The molecule has 1 rings (SSSR count). The molecule has 0 saturated carbocycles. The van der Waals surface area contributed by atoms with Gasteiger partial charge in [0, 0.05) is 18.0 Å². The van der Waals surface area contributed by atoms with E-state index in [9.17, 15) is 13.6 Å². The lowest BCUT2D eigenvalue weighted by Gasteiger charge is -2.18. The van der Waals surface area contributed by atoms with Crippen LogP contribution in [0.3, 0.4) is 0 Å². The van der Waals surface area contributed by atoms with Gasteiger partial charge in [0.15, 0.2) is 0 Å². The quantitative estimate of drug-likeness (QED) is 0.775. The van der Waals surface area contributed by atoms with Crippen molar-refractivity contribution in [2.24, 2.45) is 5.73 Å². The summed E-state index contributed by atoms with van der Waals surface area (Å²) < 4.78 is 29.2. The van der Waals surface area contributed by atoms with Crippen molar-refractivity contribution in [3.05, 3.63) is 29.8 Å².